The summed E-state index contributed by atoms with van der Waals surface area (Å²) in [5, 5.41) is 0. The van der Waals surface area contributed by atoms with Crippen LogP contribution in [-0.2, 0) is 15.1 Å². The second-order valence-corrected chi connectivity index (χ2v) is 10.2. The third-order valence-corrected chi connectivity index (χ3v) is 8.23. The van der Waals surface area contributed by atoms with Crippen molar-refractivity contribution in [2.45, 2.75) is 88.6 Å². The van der Waals surface area contributed by atoms with Crippen LogP contribution in [0.5, 0.6) is 0 Å². The van der Waals surface area contributed by atoms with Gasteiger partial charge in [-0.15, -0.1) is 0 Å². The molecule has 0 aromatic carbocycles. The summed E-state index contributed by atoms with van der Waals surface area (Å²) in [6.07, 6.45) is 18.5. The van der Waals surface area contributed by atoms with Gasteiger partial charge in [-0.1, -0.05) is 25.7 Å². The van der Waals surface area contributed by atoms with Crippen LogP contribution in [0.2, 0.25) is 0 Å². The molecule has 1 aromatic rings. The van der Waals surface area contributed by atoms with Crippen LogP contribution in [0.3, 0.4) is 0 Å². The second-order valence-electron chi connectivity index (χ2n) is 10.2. The summed E-state index contributed by atoms with van der Waals surface area (Å²) in [4.78, 5) is 18.7. The number of ether oxygens (including phenoxy) is 1. The molecule has 0 unspecified atom stereocenters. The van der Waals surface area contributed by atoms with Crippen molar-refractivity contribution in [3.63, 3.8) is 0 Å². The zero-order valence-electron chi connectivity index (χ0n) is 19.6. The maximum atomic E-state index is 13.8. The van der Waals surface area contributed by atoms with E-state index in [1.54, 1.807) is 7.11 Å². The SMILES string of the molecule is COCCCN(C[C@@H]1CCCN2CCCC[C@H]12)C(=O)CC1(n2cccc2)CCCCC1. The number of hydrogen-bond acceptors (Lipinski definition) is 3. The normalized spacial score (nSPS) is 26.4. The van der Waals surface area contributed by atoms with E-state index in [2.05, 4.69) is 38.9 Å². The van der Waals surface area contributed by atoms with Gasteiger partial charge in [0, 0.05) is 45.2 Å². The van der Waals surface area contributed by atoms with Crippen LogP contribution in [0.4, 0.5) is 0 Å². The number of carbonyl (C=O) groups excluding carboxylic acids is 1. The van der Waals surface area contributed by atoms with Crippen molar-refractivity contribution in [1.29, 1.82) is 0 Å². The molecule has 5 nitrogen and oxygen atoms in total. The van der Waals surface area contributed by atoms with Gasteiger partial charge in [-0.2, -0.15) is 0 Å². The summed E-state index contributed by atoms with van der Waals surface area (Å²) < 4.78 is 7.67. The first kappa shape index (κ1) is 22.8. The molecule has 0 N–H and O–H groups in total. The van der Waals surface area contributed by atoms with Crippen molar-refractivity contribution >= 4 is 5.91 Å². The lowest BCUT2D eigenvalue weighted by Crippen LogP contribution is -2.52. The van der Waals surface area contributed by atoms with E-state index in [0.717, 1.165) is 39.0 Å². The monoisotopic (exact) mass is 429 g/mol. The van der Waals surface area contributed by atoms with Crippen LogP contribution >= 0.6 is 0 Å². The standard InChI is InChI=1S/C26H43N3O2/c1-31-20-10-17-28(22-23-11-9-16-27-15-6-3-12-24(23)27)25(30)21-26(13-4-2-5-14-26)29-18-7-8-19-29/h7-8,18-19,23-24H,2-6,9-17,20-22H2,1H3/t23-,24+/m0/s1. The van der Waals surface area contributed by atoms with Crippen LogP contribution < -0.4 is 0 Å². The molecular weight excluding hydrogens is 386 g/mol. The highest BCUT2D eigenvalue weighted by Crippen LogP contribution is 2.39. The smallest absolute Gasteiger partial charge is 0.224 e. The Labute approximate surface area is 189 Å². The molecule has 2 atom stereocenters. The van der Waals surface area contributed by atoms with Crippen molar-refractivity contribution in [1.82, 2.24) is 14.4 Å². The largest absolute Gasteiger partial charge is 0.385 e. The number of rotatable bonds is 9. The average Bonchev–Trinajstić information content (AvgIpc) is 3.35. The number of nitrogens with zero attached hydrogens (tertiary/aromatic N) is 3. The van der Waals surface area contributed by atoms with E-state index in [9.17, 15) is 4.79 Å². The van der Waals surface area contributed by atoms with Gasteiger partial charge in [0.1, 0.15) is 0 Å². The third kappa shape index (κ3) is 5.54. The van der Waals surface area contributed by atoms with Gasteiger partial charge in [0.05, 0.1) is 12.0 Å². The summed E-state index contributed by atoms with van der Waals surface area (Å²) in [6.45, 7) is 5.01. The maximum Gasteiger partial charge on any atom is 0.224 e. The van der Waals surface area contributed by atoms with Crippen molar-refractivity contribution in [3.8, 4) is 0 Å². The summed E-state index contributed by atoms with van der Waals surface area (Å²) in [6, 6.07) is 4.90. The minimum Gasteiger partial charge on any atom is -0.385 e. The molecule has 1 aromatic heterocycles. The molecule has 4 rings (SSSR count). The summed E-state index contributed by atoms with van der Waals surface area (Å²) in [5.41, 5.74) is -0.0260. The fraction of sp³-hybridized carbons (Fsp3) is 0.808. The van der Waals surface area contributed by atoms with Crippen LogP contribution in [0, 0.1) is 5.92 Å². The molecule has 31 heavy (non-hydrogen) atoms. The zero-order chi connectivity index (χ0) is 21.5. The van der Waals surface area contributed by atoms with Crippen LogP contribution in [-0.4, -0.2) is 66.2 Å². The molecule has 2 saturated heterocycles. The highest BCUT2D eigenvalue weighted by Gasteiger charge is 2.39. The topological polar surface area (TPSA) is 37.7 Å². The lowest BCUT2D eigenvalue weighted by Gasteiger charge is -2.46. The van der Waals surface area contributed by atoms with Gasteiger partial charge < -0.3 is 19.1 Å². The number of hydrogen-bond donors (Lipinski definition) is 0. The Morgan fingerprint density at radius 1 is 1.03 bits per heavy atom. The minimum absolute atomic E-state index is 0.0260. The fourth-order valence-corrected chi connectivity index (χ4v) is 6.57. The molecule has 2 aliphatic heterocycles. The predicted molar refractivity (Wildman–Crippen MR) is 125 cm³/mol. The Balaban J connectivity index is 1.47. The number of methoxy groups -OCH3 is 1. The molecule has 5 heteroatoms. The third-order valence-electron chi connectivity index (χ3n) is 8.23. The Morgan fingerprint density at radius 2 is 1.81 bits per heavy atom. The zero-order valence-corrected chi connectivity index (χ0v) is 19.6. The molecule has 174 valence electrons. The molecule has 0 bridgehead atoms. The van der Waals surface area contributed by atoms with Gasteiger partial charge in [-0.05, 0) is 76.1 Å². The summed E-state index contributed by atoms with van der Waals surface area (Å²) >= 11 is 0. The highest BCUT2D eigenvalue weighted by atomic mass is 16.5. The van der Waals surface area contributed by atoms with Crippen LogP contribution in [0.15, 0.2) is 24.5 Å². The first-order valence-corrected chi connectivity index (χ1v) is 12.9. The molecule has 3 aliphatic rings. The Bertz CT molecular complexity index is 666. The first-order valence-electron chi connectivity index (χ1n) is 12.9. The van der Waals surface area contributed by atoms with E-state index in [0.29, 0.717) is 24.3 Å². The Hall–Kier alpha value is -1.33. The van der Waals surface area contributed by atoms with Crippen molar-refractivity contribution in [2.75, 3.05) is 39.9 Å². The molecule has 1 amide bonds. The van der Waals surface area contributed by atoms with E-state index in [1.807, 2.05) is 0 Å². The molecule has 1 aliphatic carbocycles. The molecule has 0 spiro atoms. The van der Waals surface area contributed by atoms with Crippen LogP contribution in [0.25, 0.3) is 0 Å². The molecule has 0 radical (unpaired) electrons. The van der Waals surface area contributed by atoms with Gasteiger partial charge >= 0.3 is 0 Å². The number of aromatic nitrogens is 1. The average molecular weight is 430 g/mol. The number of fused-ring (bicyclic) bond motifs is 1. The minimum atomic E-state index is -0.0260. The van der Waals surface area contributed by atoms with E-state index in [-0.39, 0.29) is 5.54 Å². The van der Waals surface area contributed by atoms with E-state index < -0.39 is 0 Å². The predicted octanol–water partition coefficient (Wildman–Crippen LogP) is 4.67. The molecule has 1 saturated carbocycles. The lowest BCUT2D eigenvalue weighted by molar-refractivity contribution is -0.135. The maximum absolute atomic E-state index is 13.8. The lowest BCUT2D eigenvalue weighted by atomic mass is 9.78. The van der Waals surface area contributed by atoms with Gasteiger partial charge in [-0.3, -0.25) is 4.79 Å². The molecule has 3 heterocycles. The summed E-state index contributed by atoms with van der Waals surface area (Å²) in [7, 11) is 1.76. The Morgan fingerprint density at radius 3 is 2.58 bits per heavy atom. The first-order chi connectivity index (χ1) is 15.2. The fourth-order valence-electron chi connectivity index (χ4n) is 6.57. The van der Waals surface area contributed by atoms with E-state index in [4.69, 9.17) is 4.74 Å². The van der Waals surface area contributed by atoms with Crippen molar-refractivity contribution in [2.24, 2.45) is 5.92 Å². The van der Waals surface area contributed by atoms with E-state index >= 15 is 0 Å². The van der Waals surface area contributed by atoms with E-state index in [1.165, 1.54) is 64.5 Å². The molecule has 3 fully saturated rings. The van der Waals surface area contributed by atoms with Crippen LogP contribution in [0.1, 0.15) is 77.0 Å². The number of carbonyl (C=O) groups is 1. The number of amides is 1. The van der Waals surface area contributed by atoms with Gasteiger partial charge in [-0.25, -0.2) is 0 Å². The molecular formula is C26H43N3O2. The van der Waals surface area contributed by atoms with Crippen molar-refractivity contribution < 1.29 is 9.53 Å². The highest BCUT2D eigenvalue weighted by molar-refractivity contribution is 5.77. The quantitative estimate of drug-likeness (QED) is 0.536. The van der Waals surface area contributed by atoms with Gasteiger partial charge in [0.25, 0.3) is 0 Å². The second kappa shape index (κ2) is 11.0. The summed E-state index contributed by atoms with van der Waals surface area (Å²) in [5.74, 6) is 0.995. The number of piperidine rings is 2. The van der Waals surface area contributed by atoms with Gasteiger partial charge in [0.2, 0.25) is 5.91 Å². The Kier molecular flexibility index (Phi) is 8.11. The van der Waals surface area contributed by atoms with Crippen molar-refractivity contribution in [3.05, 3.63) is 24.5 Å². The van der Waals surface area contributed by atoms with Gasteiger partial charge in [0.15, 0.2) is 0 Å².